The Labute approximate surface area is 167 Å². The van der Waals surface area contributed by atoms with Crippen LogP contribution in [0.25, 0.3) is 0 Å². The molecule has 1 heterocycles. The van der Waals surface area contributed by atoms with Crippen molar-refractivity contribution in [3.63, 3.8) is 0 Å². The third-order valence-electron chi connectivity index (χ3n) is 5.51. The molecular weight excluding hydrogens is 372 g/mol. The number of hydrogen-bond donors (Lipinski definition) is 1. The molecule has 1 aliphatic heterocycles. The number of hydrogen-bond acceptors (Lipinski definition) is 3. The van der Waals surface area contributed by atoms with Gasteiger partial charge in [0.2, 0.25) is 10.0 Å². The predicted molar refractivity (Wildman–Crippen MR) is 111 cm³/mol. The first-order valence-corrected chi connectivity index (χ1v) is 11.1. The lowest BCUT2D eigenvalue weighted by atomic mass is 10.0. The van der Waals surface area contributed by atoms with E-state index < -0.39 is 10.0 Å². The minimum atomic E-state index is -3.56. The van der Waals surface area contributed by atoms with Crippen LogP contribution in [0.1, 0.15) is 58.4 Å². The number of sulfonamides is 1. The molecule has 1 atom stereocenters. The number of amides is 1. The van der Waals surface area contributed by atoms with Gasteiger partial charge in [-0.05, 0) is 74.9 Å². The molecule has 0 unspecified atom stereocenters. The Kier molecular flexibility index (Phi) is 5.91. The van der Waals surface area contributed by atoms with E-state index in [2.05, 4.69) is 18.3 Å². The molecule has 3 rings (SSSR count). The minimum Gasteiger partial charge on any atom is -0.346 e. The monoisotopic (exact) mass is 400 g/mol. The molecule has 0 aromatic heterocycles. The van der Waals surface area contributed by atoms with E-state index in [1.54, 1.807) is 19.1 Å². The van der Waals surface area contributed by atoms with Crippen molar-refractivity contribution >= 4 is 15.9 Å². The summed E-state index contributed by atoms with van der Waals surface area (Å²) < 4.78 is 27.4. The lowest BCUT2D eigenvalue weighted by Crippen LogP contribution is -2.30. The van der Waals surface area contributed by atoms with E-state index in [0.29, 0.717) is 24.2 Å². The van der Waals surface area contributed by atoms with E-state index in [4.69, 9.17) is 0 Å². The third kappa shape index (κ3) is 4.13. The van der Waals surface area contributed by atoms with Gasteiger partial charge < -0.3 is 5.32 Å². The molecule has 1 aliphatic rings. The maximum absolute atomic E-state index is 12.9. The van der Waals surface area contributed by atoms with Crippen LogP contribution in [-0.4, -0.2) is 31.7 Å². The van der Waals surface area contributed by atoms with Crippen molar-refractivity contribution < 1.29 is 13.2 Å². The summed E-state index contributed by atoms with van der Waals surface area (Å²) in [7, 11) is -3.56. The lowest BCUT2D eigenvalue weighted by Gasteiger charge is -2.19. The van der Waals surface area contributed by atoms with Crippen LogP contribution < -0.4 is 5.32 Å². The molecule has 5 nitrogen and oxygen atoms in total. The average molecular weight is 401 g/mol. The van der Waals surface area contributed by atoms with Crippen LogP contribution in [0.4, 0.5) is 0 Å². The molecule has 0 saturated carbocycles. The van der Waals surface area contributed by atoms with E-state index in [0.717, 1.165) is 18.4 Å². The summed E-state index contributed by atoms with van der Waals surface area (Å²) in [4.78, 5) is 13.0. The van der Waals surface area contributed by atoms with Crippen molar-refractivity contribution in [3.8, 4) is 0 Å². The zero-order valence-corrected chi connectivity index (χ0v) is 17.8. The highest BCUT2D eigenvalue weighted by Crippen LogP contribution is 2.25. The van der Waals surface area contributed by atoms with E-state index in [9.17, 15) is 13.2 Å². The fourth-order valence-corrected chi connectivity index (χ4v) is 5.25. The van der Waals surface area contributed by atoms with Crippen molar-refractivity contribution in [1.29, 1.82) is 0 Å². The van der Waals surface area contributed by atoms with Gasteiger partial charge in [0.15, 0.2) is 0 Å². The molecule has 2 aromatic rings. The average Bonchev–Trinajstić information content (AvgIpc) is 3.19. The molecule has 0 spiro atoms. The Morgan fingerprint density at radius 3 is 2.25 bits per heavy atom. The molecule has 150 valence electrons. The van der Waals surface area contributed by atoms with Gasteiger partial charge >= 0.3 is 0 Å². The number of carbonyl (C=O) groups is 1. The highest BCUT2D eigenvalue weighted by atomic mass is 32.2. The summed E-state index contributed by atoms with van der Waals surface area (Å²) in [5.41, 5.74) is 4.42. The maximum atomic E-state index is 12.9. The van der Waals surface area contributed by atoms with E-state index >= 15 is 0 Å². The Balaban J connectivity index is 1.83. The number of carbonyl (C=O) groups excluding carboxylic acids is 1. The van der Waals surface area contributed by atoms with Gasteiger partial charge in [0.1, 0.15) is 0 Å². The SMILES string of the molecule is Cc1ccc([C@H](C)NC(=O)c2ccc(C)c(S(=O)(=O)N3CCCC3)c2)cc1C. The second kappa shape index (κ2) is 8.05. The molecule has 1 N–H and O–H groups in total. The maximum Gasteiger partial charge on any atom is 0.251 e. The highest BCUT2D eigenvalue weighted by molar-refractivity contribution is 7.89. The molecule has 1 fully saturated rings. The van der Waals surface area contributed by atoms with Crippen LogP contribution in [0, 0.1) is 20.8 Å². The van der Waals surface area contributed by atoms with E-state index in [1.807, 2.05) is 26.0 Å². The second-order valence-corrected chi connectivity index (χ2v) is 9.54. The fourth-order valence-electron chi connectivity index (χ4n) is 3.48. The first kappa shape index (κ1) is 20.6. The fraction of sp³-hybridized carbons (Fsp3) is 0.409. The summed E-state index contributed by atoms with van der Waals surface area (Å²) in [5, 5.41) is 2.98. The quantitative estimate of drug-likeness (QED) is 0.828. The molecular formula is C22H28N2O3S. The molecule has 0 radical (unpaired) electrons. The number of nitrogens with one attached hydrogen (secondary N) is 1. The van der Waals surface area contributed by atoms with Gasteiger partial charge in [-0.15, -0.1) is 0 Å². The predicted octanol–water partition coefficient (Wildman–Crippen LogP) is 3.89. The molecule has 1 amide bonds. The number of aryl methyl sites for hydroxylation is 3. The second-order valence-electron chi connectivity index (χ2n) is 7.63. The molecule has 0 aliphatic carbocycles. The minimum absolute atomic E-state index is 0.174. The van der Waals surface area contributed by atoms with Gasteiger partial charge in [0.25, 0.3) is 5.91 Å². The summed E-state index contributed by atoms with van der Waals surface area (Å²) in [6, 6.07) is 10.8. The Morgan fingerprint density at radius 2 is 1.61 bits per heavy atom. The van der Waals surface area contributed by atoms with Crippen LogP contribution in [0.3, 0.4) is 0 Å². The zero-order chi connectivity index (χ0) is 20.5. The van der Waals surface area contributed by atoms with Crippen LogP contribution in [0.2, 0.25) is 0 Å². The zero-order valence-electron chi connectivity index (χ0n) is 17.0. The smallest absolute Gasteiger partial charge is 0.251 e. The largest absolute Gasteiger partial charge is 0.346 e. The molecule has 0 bridgehead atoms. The van der Waals surface area contributed by atoms with E-state index in [1.165, 1.54) is 21.5 Å². The lowest BCUT2D eigenvalue weighted by molar-refractivity contribution is 0.0939. The number of nitrogens with zero attached hydrogens (tertiary/aromatic N) is 1. The first-order valence-electron chi connectivity index (χ1n) is 9.69. The number of rotatable bonds is 5. The first-order chi connectivity index (χ1) is 13.2. The van der Waals surface area contributed by atoms with Crippen molar-refractivity contribution in [2.24, 2.45) is 0 Å². The van der Waals surface area contributed by atoms with Crippen molar-refractivity contribution in [2.45, 2.75) is 51.5 Å². The van der Waals surface area contributed by atoms with Crippen molar-refractivity contribution in [2.75, 3.05) is 13.1 Å². The topological polar surface area (TPSA) is 66.5 Å². The van der Waals surface area contributed by atoms with Gasteiger partial charge in [-0.3, -0.25) is 4.79 Å². The van der Waals surface area contributed by atoms with E-state index in [-0.39, 0.29) is 16.8 Å². The Morgan fingerprint density at radius 1 is 0.964 bits per heavy atom. The van der Waals surface area contributed by atoms with Gasteiger partial charge in [-0.25, -0.2) is 8.42 Å². The Hall–Kier alpha value is -2.18. The Bertz CT molecular complexity index is 993. The van der Waals surface area contributed by atoms with Gasteiger partial charge in [0.05, 0.1) is 10.9 Å². The third-order valence-corrected chi connectivity index (χ3v) is 7.55. The summed E-state index contributed by atoms with van der Waals surface area (Å²) in [5.74, 6) is -0.274. The van der Waals surface area contributed by atoms with Gasteiger partial charge in [-0.2, -0.15) is 4.31 Å². The molecule has 1 saturated heterocycles. The van der Waals surface area contributed by atoms with Crippen molar-refractivity contribution in [1.82, 2.24) is 9.62 Å². The van der Waals surface area contributed by atoms with Gasteiger partial charge in [0, 0.05) is 18.7 Å². The van der Waals surface area contributed by atoms with Crippen LogP contribution >= 0.6 is 0 Å². The molecule has 2 aromatic carbocycles. The number of benzene rings is 2. The van der Waals surface area contributed by atoms with Crippen LogP contribution in [-0.2, 0) is 10.0 Å². The van der Waals surface area contributed by atoms with Crippen molar-refractivity contribution in [3.05, 3.63) is 64.2 Å². The van der Waals surface area contributed by atoms with Crippen LogP contribution in [0.5, 0.6) is 0 Å². The normalized spacial score (nSPS) is 16.1. The molecule has 28 heavy (non-hydrogen) atoms. The summed E-state index contributed by atoms with van der Waals surface area (Å²) in [6.45, 7) is 8.88. The van der Waals surface area contributed by atoms with Crippen LogP contribution in [0.15, 0.2) is 41.3 Å². The van der Waals surface area contributed by atoms with Gasteiger partial charge in [-0.1, -0.05) is 24.3 Å². The summed E-state index contributed by atoms with van der Waals surface area (Å²) in [6.07, 6.45) is 1.76. The standard InChI is InChI=1S/C22H28N2O3S/c1-15-7-9-19(13-17(15)3)18(4)23-22(25)20-10-8-16(2)21(14-20)28(26,27)24-11-5-6-12-24/h7-10,13-14,18H,5-6,11-12H2,1-4H3,(H,23,25)/t18-/m0/s1. The highest BCUT2D eigenvalue weighted by Gasteiger charge is 2.29. The summed E-state index contributed by atoms with van der Waals surface area (Å²) >= 11 is 0. The molecule has 6 heteroatoms.